The maximum Gasteiger partial charge on any atom is 0.0165 e. The molecule has 1 heteroatoms. The van der Waals surface area contributed by atoms with E-state index in [9.17, 15) is 0 Å². The van der Waals surface area contributed by atoms with Gasteiger partial charge in [-0.2, -0.15) is 0 Å². The van der Waals surface area contributed by atoms with Crippen LogP contribution in [0.5, 0.6) is 0 Å². The Morgan fingerprint density at radius 3 is 1.40 bits per heavy atom. The van der Waals surface area contributed by atoms with Crippen LogP contribution in [0, 0.1) is 0 Å². The molecule has 0 aliphatic rings. The van der Waals surface area contributed by atoms with E-state index >= 15 is 0 Å². The third kappa shape index (κ3) is 5.89. The summed E-state index contributed by atoms with van der Waals surface area (Å²) in [6.07, 6.45) is 12.9. The molecule has 30 heavy (non-hydrogen) atoms. The normalized spacial score (nSPS) is 11.1. The van der Waals surface area contributed by atoms with Gasteiger partial charge >= 0.3 is 0 Å². The van der Waals surface area contributed by atoms with Gasteiger partial charge in [0.05, 0.1) is 0 Å². The fourth-order valence-electron chi connectivity index (χ4n) is 4.03. The first-order valence-corrected chi connectivity index (χ1v) is 13.3. The maximum absolute atomic E-state index is 3.98. The summed E-state index contributed by atoms with van der Waals surface area (Å²) in [4.78, 5) is 0. The molecule has 0 saturated heterocycles. The molecular weight excluding hydrogens is 379 g/mol. The standard InChI is InChI=1S/C29H35P/c1-2-3-4-5-6-7-8-9-19-26-30(27-20-13-10-14-21-27,28-22-15-11-16-23-28)29-24-17-12-18-25-29/h10-25H,2-9H2,1H3. The van der Waals surface area contributed by atoms with Gasteiger partial charge in [0, 0.05) is 6.89 Å². The molecule has 3 rings (SSSR count). The van der Waals surface area contributed by atoms with E-state index in [-0.39, 0.29) is 0 Å². The van der Waals surface area contributed by atoms with Crippen molar-refractivity contribution < 1.29 is 0 Å². The molecule has 0 N–H and O–H groups in total. The van der Waals surface area contributed by atoms with Crippen LogP contribution in [0.1, 0.15) is 58.3 Å². The van der Waals surface area contributed by atoms with Crippen molar-refractivity contribution in [3.8, 4) is 0 Å². The van der Waals surface area contributed by atoms with Gasteiger partial charge < -0.3 is 0 Å². The maximum atomic E-state index is 3.98. The molecule has 0 heterocycles. The number of rotatable bonds is 11. The summed E-state index contributed by atoms with van der Waals surface area (Å²) >= 11 is 0. The first kappa shape index (κ1) is 22.4. The van der Waals surface area contributed by atoms with E-state index in [1.165, 1.54) is 60.9 Å². The smallest absolute Gasteiger partial charge is 0.0165 e. The largest absolute Gasteiger partial charge is 0.117 e. The van der Waals surface area contributed by atoms with Crippen LogP contribution in [-0.4, -0.2) is 5.45 Å². The van der Waals surface area contributed by atoms with Crippen LogP contribution >= 0.6 is 6.89 Å². The lowest BCUT2D eigenvalue weighted by atomic mass is 10.1. The molecule has 0 saturated carbocycles. The molecule has 0 fully saturated rings. The van der Waals surface area contributed by atoms with E-state index in [0.29, 0.717) is 0 Å². The van der Waals surface area contributed by atoms with Crippen molar-refractivity contribution in [2.75, 3.05) is 0 Å². The molecule has 0 bridgehead atoms. The van der Waals surface area contributed by atoms with E-state index in [1.807, 2.05) is 0 Å². The van der Waals surface area contributed by atoms with Crippen LogP contribution in [0.3, 0.4) is 0 Å². The number of allylic oxidation sites excluding steroid dienone is 1. The van der Waals surface area contributed by atoms with Crippen molar-refractivity contribution >= 4 is 28.3 Å². The number of hydrogen-bond donors (Lipinski definition) is 0. The zero-order chi connectivity index (χ0) is 20.9. The molecule has 0 aromatic heterocycles. The Bertz CT molecular complexity index is 832. The average molecular weight is 415 g/mol. The highest BCUT2D eigenvalue weighted by molar-refractivity contribution is 7.94. The Balaban J connectivity index is 1.94. The summed E-state index contributed by atoms with van der Waals surface area (Å²) in [6, 6.07) is 33.0. The van der Waals surface area contributed by atoms with Crippen molar-refractivity contribution in [3.05, 3.63) is 97.1 Å². The Hall–Kier alpha value is -2.26. The molecular formula is C29H35P. The second kappa shape index (κ2) is 12.4. The van der Waals surface area contributed by atoms with Crippen LogP contribution in [0.4, 0.5) is 0 Å². The monoisotopic (exact) mass is 414 g/mol. The third-order valence-corrected chi connectivity index (χ3v) is 9.46. The molecule has 0 spiro atoms. The first-order chi connectivity index (χ1) is 14.9. The van der Waals surface area contributed by atoms with Gasteiger partial charge in [-0.1, -0.05) is 136 Å². The van der Waals surface area contributed by atoms with E-state index < -0.39 is 6.89 Å². The summed E-state index contributed by atoms with van der Waals surface area (Å²) in [5, 5.41) is 4.12. The molecule has 0 unspecified atom stereocenters. The highest BCUT2D eigenvalue weighted by Crippen LogP contribution is 2.42. The lowest BCUT2D eigenvalue weighted by Gasteiger charge is -2.26. The lowest BCUT2D eigenvalue weighted by molar-refractivity contribution is 0.592. The Kier molecular flexibility index (Phi) is 9.30. The Morgan fingerprint density at radius 1 is 0.567 bits per heavy atom. The predicted octanol–water partition coefficient (Wildman–Crippen LogP) is 7.08. The van der Waals surface area contributed by atoms with E-state index in [4.69, 9.17) is 0 Å². The molecule has 3 aromatic rings. The highest BCUT2D eigenvalue weighted by atomic mass is 31.2. The van der Waals surface area contributed by atoms with Crippen LogP contribution in [0.2, 0.25) is 0 Å². The van der Waals surface area contributed by atoms with Gasteiger partial charge in [-0.3, -0.25) is 0 Å². The minimum atomic E-state index is -1.93. The van der Waals surface area contributed by atoms with Crippen molar-refractivity contribution in [1.82, 2.24) is 0 Å². The van der Waals surface area contributed by atoms with Crippen LogP contribution in [-0.2, 0) is 0 Å². The summed E-state index contributed by atoms with van der Waals surface area (Å²) < 4.78 is 0. The number of benzene rings is 3. The van der Waals surface area contributed by atoms with Crippen LogP contribution in [0.25, 0.3) is 0 Å². The second-order valence-electron chi connectivity index (χ2n) is 7.92. The number of hydrogen-bond acceptors (Lipinski definition) is 0. The minimum absolute atomic E-state index is 1.11. The van der Waals surface area contributed by atoms with E-state index in [1.54, 1.807) is 0 Å². The zero-order valence-corrected chi connectivity index (χ0v) is 19.2. The molecule has 0 atom stereocenters. The van der Waals surface area contributed by atoms with Gasteiger partial charge in [-0.05, 0) is 34.8 Å². The Morgan fingerprint density at radius 2 is 0.967 bits per heavy atom. The fourth-order valence-corrected chi connectivity index (χ4v) is 7.63. The van der Waals surface area contributed by atoms with Gasteiger partial charge in [0.15, 0.2) is 0 Å². The average Bonchev–Trinajstić information content (AvgIpc) is 2.82. The van der Waals surface area contributed by atoms with Crippen LogP contribution in [0.15, 0.2) is 97.1 Å². The lowest BCUT2D eigenvalue weighted by Crippen LogP contribution is -2.25. The summed E-state index contributed by atoms with van der Waals surface area (Å²) in [5.74, 6) is 0. The van der Waals surface area contributed by atoms with Crippen molar-refractivity contribution in [1.29, 1.82) is 0 Å². The number of unbranched alkanes of at least 4 members (excludes halogenated alkanes) is 7. The van der Waals surface area contributed by atoms with Gasteiger partial charge in [-0.15, -0.1) is 5.45 Å². The van der Waals surface area contributed by atoms with Crippen molar-refractivity contribution in [3.63, 3.8) is 0 Å². The third-order valence-electron chi connectivity index (χ3n) is 5.67. The molecule has 0 radical (unpaired) electrons. The van der Waals surface area contributed by atoms with Gasteiger partial charge in [0.1, 0.15) is 0 Å². The topological polar surface area (TPSA) is 0 Å². The van der Waals surface area contributed by atoms with E-state index in [0.717, 1.165) is 6.42 Å². The summed E-state index contributed by atoms with van der Waals surface area (Å²) in [5.41, 5.74) is 3.98. The zero-order valence-electron chi connectivity index (χ0n) is 18.3. The summed E-state index contributed by atoms with van der Waals surface area (Å²) in [6.45, 7) is 0.351. The predicted molar refractivity (Wildman–Crippen MR) is 137 cm³/mol. The molecule has 0 nitrogen and oxygen atoms in total. The molecule has 0 aliphatic heterocycles. The van der Waals surface area contributed by atoms with Crippen LogP contribution < -0.4 is 15.9 Å². The SMILES string of the molecule is CCCCCCCCCC=C=P(c1ccccc1)(c1ccccc1)c1ccccc1. The van der Waals surface area contributed by atoms with E-state index in [2.05, 4.69) is 109 Å². The van der Waals surface area contributed by atoms with Gasteiger partial charge in [0.2, 0.25) is 0 Å². The Labute approximate surface area is 183 Å². The molecule has 3 aromatic carbocycles. The van der Waals surface area contributed by atoms with Gasteiger partial charge in [-0.25, -0.2) is 0 Å². The second-order valence-corrected chi connectivity index (χ2v) is 11.1. The molecule has 0 amide bonds. The fraction of sp³-hybridized carbons (Fsp3) is 0.310. The minimum Gasteiger partial charge on any atom is -0.117 e. The molecule has 0 aliphatic carbocycles. The highest BCUT2D eigenvalue weighted by Gasteiger charge is 2.24. The summed E-state index contributed by atoms with van der Waals surface area (Å²) in [7, 11) is 0. The van der Waals surface area contributed by atoms with Crippen molar-refractivity contribution in [2.45, 2.75) is 58.3 Å². The van der Waals surface area contributed by atoms with Crippen molar-refractivity contribution in [2.24, 2.45) is 0 Å². The first-order valence-electron chi connectivity index (χ1n) is 11.5. The quantitative estimate of drug-likeness (QED) is 0.232. The van der Waals surface area contributed by atoms with Gasteiger partial charge in [0.25, 0.3) is 0 Å². The molecule has 156 valence electrons.